The molecule has 0 atom stereocenters. The van der Waals surface area contributed by atoms with Crippen molar-refractivity contribution in [3.8, 4) is 11.5 Å². The highest BCUT2D eigenvalue weighted by molar-refractivity contribution is 5.92. The third-order valence-electron chi connectivity index (χ3n) is 6.01. The van der Waals surface area contributed by atoms with Crippen molar-refractivity contribution in [3.63, 3.8) is 0 Å². The standard InChI is InChI=1S/C24H31N5O5/c1-32-14-2-8-29(24(31)20-16-25-6-7-26-20)9-5-23(30)28-12-10-27(11-13-28)17-19-3-4-21-22(15-19)34-18-33-21/h3-4,6-7,15-16H,2,5,8-14,17-18H2,1H3. The van der Waals surface area contributed by atoms with Crippen LogP contribution in [0.2, 0.25) is 0 Å². The predicted molar refractivity (Wildman–Crippen MR) is 123 cm³/mol. The SMILES string of the molecule is COCCCN(CCC(=O)N1CCN(Cc2ccc3c(c2)OCO3)CC1)C(=O)c1cnccn1. The average Bonchev–Trinajstić information content (AvgIpc) is 3.34. The van der Waals surface area contributed by atoms with Crippen LogP contribution in [0.25, 0.3) is 0 Å². The van der Waals surface area contributed by atoms with E-state index in [2.05, 4.69) is 20.9 Å². The van der Waals surface area contributed by atoms with Gasteiger partial charge in [0.2, 0.25) is 12.7 Å². The number of methoxy groups -OCH3 is 1. The van der Waals surface area contributed by atoms with Crippen molar-refractivity contribution in [1.29, 1.82) is 0 Å². The normalized spacial score (nSPS) is 15.4. The molecule has 3 heterocycles. The number of hydrogen-bond acceptors (Lipinski definition) is 8. The Morgan fingerprint density at radius 1 is 1.09 bits per heavy atom. The van der Waals surface area contributed by atoms with Crippen LogP contribution >= 0.6 is 0 Å². The van der Waals surface area contributed by atoms with Gasteiger partial charge in [-0.15, -0.1) is 0 Å². The minimum atomic E-state index is -0.217. The van der Waals surface area contributed by atoms with Crippen molar-refractivity contribution in [2.45, 2.75) is 19.4 Å². The Balaban J connectivity index is 1.25. The van der Waals surface area contributed by atoms with E-state index in [1.54, 1.807) is 12.0 Å². The van der Waals surface area contributed by atoms with Crippen molar-refractivity contribution in [2.24, 2.45) is 0 Å². The van der Waals surface area contributed by atoms with Crippen LogP contribution in [-0.4, -0.2) is 96.3 Å². The van der Waals surface area contributed by atoms with Gasteiger partial charge in [0.25, 0.3) is 5.91 Å². The molecule has 182 valence electrons. The molecule has 34 heavy (non-hydrogen) atoms. The van der Waals surface area contributed by atoms with E-state index in [4.69, 9.17) is 14.2 Å². The summed E-state index contributed by atoms with van der Waals surface area (Å²) in [6.07, 6.45) is 5.44. The Bertz CT molecular complexity index is 965. The van der Waals surface area contributed by atoms with E-state index in [-0.39, 0.29) is 30.7 Å². The van der Waals surface area contributed by atoms with Crippen LogP contribution in [0.5, 0.6) is 11.5 Å². The molecule has 10 heteroatoms. The number of piperazine rings is 1. The lowest BCUT2D eigenvalue weighted by atomic mass is 10.1. The molecule has 1 aromatic heterocycles. The topological polar surface area (TPSA) is 97.3 Å². The Morgan fingerprint density at radius 2 is 1.91 bits per heavy atom. The zero-order chi connectivity index (χ0) is 23.8. The van der Waals surface area contributed by atoms with Crippen molar-refractivity contribution < 1.29 is 23.8 Å². The predicted octanol–water partition coefficient (Wildman–Crippen LogP) is 1.42. The van der Waals surface area contributed by atoms with Gasteiger partial charge in [0, 0.05) is 78.3 Å². The molecule has 0 saturated carbocycles. The minimum Gasteiger partial charge on any atom is -0.454 e. The number of fused-ring (bicyclic) bond motifs is 1. The molecular weight excluding hydrogens is 438 g/mol. The number of carbonyl (C=O) groups excluding carboxylic acids is 2. The number of amides is 2. The highest BCUT2D eigenvalue weighted by Gasteiger charge is 2.24. The third-order valence-corrected chi connectivity index (χ3v) is 6.01. The van der Waals surface area contributed by atoms with Gasteiger partial charge >= 0.3 is 0 Å². The minimum absolute atomic E-state index is 0.0615. The number of benzene rings is 1. The molecule has 2 aliphatic rings. The fourth-order valence-corrected chi connectivity index (χ4v) is 4.13. The van der Waals surface area contributed by atoms with Crippen molar-refractivity contribution in [3.05, 3.63) is 48.0 Å². The Labute approximate surface area is 199 Å². The molecular formula is C24H31N5O5. The number of aromatic nitrogens is 2. The second kappa shape index (κ2) is 11.8. The molecule has 0 aliphatic carbocycles. The Hall–Kier alpha value is -3.24. The molecule has 2 aromatic rings. The van der Waals surface area contributed by atoms with Gasteiger partial charge in [-0.1, -0.05) is 6.07 Å². The summed E-state index contributed by atoms with van der Waals surface area (Å²) < 4.78 is 16.0. The van der Waals surface area contributed by atoms with Crippen molar-refractivity contribution in [1.82, 2.24) is 24.7 Å². The van der Waals surface area contributed by atoms with Gasteiger partial charge in [-0.3, -0.25) is 19.5 Å². The third kappa shape index (κ3) is 6.21. The highest BCUT2D eigenvalue weighted by atomic mass is 16.7. The first-order valence-electron chi connectivity index (χ1n) is 11.6. The highest BCUT2D eigenvalue weighted by Crippen LogP contribution is 2.32. The number of carbonyl (C=O) groups is 2. The summed E-state index contributed by atoms with van der Waals surface area (Å²) >= 11 is 0. The molecule has 0 unspecified atom stereocenters. The largest absolute Gasteiger partial charge is 0.454 e. The second-order valence-electron chi connectivity index (χ2n) is 8.32. The zero-order valence-corrected chi connectivity index (χ0v) is 19.5. The maximum atomic E-state index is 12.9. The lowest BCUT2D eigenvalue weighted by Crippen LogP contribution is -2.49. The van der Waals surface area contributed by atoms with Crippen LogP contribution in [0.3, 0.4) is 0 Å². The maximum Gasteiger partial charge on any atom is 0.274 e. The first kappa shape index (κ1) is 23.9. The summed E-state index contributed by atoms with van der Waals surface area (Å²) in [5.74, 6) is 1.42. The Morgan fingerprint density at radius 3 is 2.68 bits per heavy atom. The zero-order valence-electron chi connectivity index (χ0n) is 19.5. The lowest BCUT2D eigenvalue weighted by Gasteiger charge is -2.35. The molecule has 0 spiro atoms. The van der Waals surface area contributed by atoms with Gasteiger partial charge in [-0.05, 0) is 24.1 Å². The van der Waals surface area contributed by atoms with E-state index in [1.165, 1.54) is 24.2 Å². The molecule has 4 rings (SSSR count). The van der Waals surface area contributed by atoms with Crippen LogP contribution < -0.4 is 9.47 Å². The van der Waals surface area contributed by atoms with E-state index in [0.717, 1.165) is 31.1 Å². The van der Waals surface area contributed by atoms with Crippen LogP contribution in [0, 0.1) is 0 Å². The van der Waals surface area contributed by atoms with E-state index in [0.29, 0.717) is 39.2 Å². The van der Waals surface area contributed by atoms with Gasteiger partial charge in [0.05, 0.1) is 6.20 Å². The van der Waals surface area contributed by atoms with E-state index >= 15 is 0 Å². The van der Waals surface area contributed by atoms with E-state index in [1.807, 2.05) is 17.0 Å². The number of nitrogens with zero attached hydrogens (tertiary/aromatic N) is 5. The first-order valence-corrected chi connectivity index (χ1v) is 11.6. The molecule has 1 fully saturated rings. The quantitative estimate of drug-likeness (QED) is 0.482. The summed E-state index contributed by atoms with van der Waals surface area (Å²) in [5.41, 5.74) is 1.45. The number of hydrogen-bond donors (Lipinski definition) is 0. The smallest absolute Gasteiger partial charge is 0.274 e. The van der Waals surface area contributed by atoms with E-state index < -0.39 is 0 Å². The van der Waals surface area contributed by atoms with Gasteiger partial charge in [0.15, 0.2) is 11.5 Å². The summed E-state index contributed by atoms with van der Waals surface area (Å²) in [6, 6.07) is 6.02. The van der Waals surface area contributed by atoms with Gasteiger partial charge < -0.3 is 24.0 Å². The maximum absolute atomic E-state index is 12.9. The summed E-state index contributed by atoms with van der Waals surface area (Å²) in [5, 5.41) is 0. The molecule has 2 amide bonds. The van der Waals surface area contributed by atoms with Crippen LogP contribution in [0.4, 0.5) is 0 Å². The molecule has 1 saturated heterocycles. The molecule has 1 aromatic carbocycles. The summed E-state index contributed by atoms with van der Waals surface area (Å²) in [4.78, 5) is 39.7. The van der Waals surface area contributed by atoms with Crippen molar-refractivity contribution in [2.75, 3.05) is 59.8 Å². The fraction of sp³-hybridized carbons (Fsp3) is 0.500. The summed E-state index contributed by atoms with van der Waals surface area (Å²) in [7, 11) is 1.63. The van der Waals surface area contributed by atoms with Crippen LogP contribution in [0.1, 0.15) is 28.9 Å². The van der Waals surface area contributed by atoms with Crippen LogP contribution in [-0.2, 0) is 16.1 Å². The molecule has 2 aliphatic heterocycles. The number of ether oxygens (including phenoxy) is 3. The average molecular weight is 470 g/mol. The van der Waals surface area contributed by atoms with Gasteiger partial charge in [0.1, 0.15) is 5.69 Å². The molecule has 0 bridgehead atoms. The molecule has 0 N–H and O–H groups in total. The monoisotopic (exact) mass is 469 g/mol. The molecule has 10 nitrogen and oxygen atoms in total. The van der Waals surface area contributed by atoms with Gasteiger partial charge in [-0.2, -0.15) is 0 Å². The summed E-state index contributed by atoms with van der Waals surface area (Å²) in [6.45, 7) is 5.41. The lowest BCUT2D eigenvalue weighted by molar-refractivity contribution is -0.133. The molecule has 0 radical (unpaired) electrons. The first-order chi connectivity index (χ1) is 16.6. The Kier molecular flexibility index (Phi) is 8.26. The van der Waals surface area contributed by atoms with E-state index in [9.17, 15) is 9.59 Å². The second-order valence-corrected chi connectivity index (χ2v) is 8.32. The van der Waals surface area contributed by atoms with Crippen molar-refractivity contribution >= 4 is 11.8 Å². The van der Waals surface area contributed by atoms with Crippen LogP contribution in [0.15, 0.2) is 36.8 Å². The number of rotatable bonds is 10. The fourth-order valence-electron chi connectivity index (χ4n) is 4.13. The van der Waals surface area contributed by atoms with Gasteiger partial charge in [-0.25, -0.2) is 4.98 Å².